The summed E-state index contributed by atoms with van der Waals surface area (Å²) in [6, 6.07) is 17.0. The SMILES string of the molecule is CCOc1ccccc1[C@H]1C(C(=O)OCCOc2ccccc2)=C(C)NC2=C1C(=O)CC(C)(C)C2. The topological polar surface area (TPSA) is 73.9 Å². The maximum atomic E-state index is 13.5. The van der Waals surface area contributed by atoms with Crippen molar-refractivity contribution in [2.24, 2.45) is 5.41 Å². The van der Waals surface area contributed by atoms with Crippen LogP contribution in [0.25, 0.3) is 0 Å². The molecule has 0 radical (unpaired) electrons. The Balaban J connectivity index is 1.64. The summed E-state index contributed by atoms with van der Waals surface area (Å²) in [6.07, 6.45) is 1.15. The lowest BCUT2D eigenvalue weighted by Gasteiger charge is -2.39. The van der Waals surface area contributed by atoms with E-state index in [1.165, 1.54) is 0 Å². The highest BCUT2D eigenvalue weighted by molar-refractivity contribution is 6.04. The van der Waals surface area contributed by atoms with Crippen LogP contribution < -0.4 is 14.8 Å². The predicted molar refractivity (Wildman–Crippen MR) is 134 cm³/mol. The first-order valence-electron chi connectivity index (χ1n) is 12.1. The van der Waals surface area contributed by atoms with Crippen LogP contribution in [0.3, 0.4) is 0 Å². The number of esters is 1. The van der Waals surface area contributed by atoms with Gasteiger partial charge in [0.2, 0.25) is 0 Å². The van der Waals surface area contributed by atoms with Crippen molar-refractivity contribution in [2.45, 2.75) is 46.5 Å². The lowest BCUT2D eigenvalue weighted by Crippen LogP contribution is -2.39. The zero-order valence-corrected chi connectivity index (χ0v) is 20.9. The Labute approximate surface area is 207 Å². The maximum absolute atomic E-state index is 13.5. The average molecular weight is 476 g/mol. The van der Waals surface area contributed by atoms with Crippen molar-refractivity contribution < 1.29 is 23.8 Å². The Bertz CT molecular complexity index is 1160. The molecule has 35 heavy (non-hydrogen) atoms. The molecule has 0 bridgehead atoms. The number of nitrogens with one attached hydrogen (secondary N) is 1. The number of benzene rings is 2. The average Bonchev–Trinajstić information content (AvgIpc) is 2.81. The van der Waals surface area contributed by atoms with E-state index < -0.39 is 11.9 Å². The van der Waals surface area contributed by atoms with Gasteiger partial charge in [0.25, 0.3) is 0 Å². The first-order chi connectivity index (χ1) is 16.8. The third kappa shape index (κ3) is 5.42. The zero-order valence-electron chi connectivity index (χ0n) is 20.9. The van der Waals surface area contributed by atoms with Gasteiger partial charge in [0.05, 0.1) is 18.1 Å². The second kappa shape index (κ2) is 10.4. The van der Waals surface area contributed by atoms with E-state index in [2.05, 4.69) is 19.2 Å². The van der Waals surface area contributed by atoms with Crippen LogP contribution in [-0.2, 0) is 14.3 Å². The molecule has 2 aromatic rings. The van der Waals surface area contributed by atoms with Gasteiger partial charge in [0.15, 0.2) is 5.78 Å². The molecule has 0 saturated carbocycles. The second-order valence-electron chi connectivity index (χ2n) is 9.70. The minimum Gasteiger partial charge on any atom is -0.494 e. The van der Waals surface area contributed by atoms with Crippen LogP contribution in [0.1, 0.15) is 52.0 Å². The molecule has 0 saturated heterocycles. The first kappa shape index (κ1) is 24.6. The molecule has 6 nitrogen and oxygen atoms in total. The fourth-order valence-electron chi connectivity index (χ4n) is 4.91. The number of carbonyl (C=O) groups is 2. The minimum absolute atomic E-state index is 0.0465. The number of allylic oxidation sites excluding steroid dienone is 3. The Morgan fingerprint density at radius 1 is 1.00 bits per heavy atom. The molecule has 0 aromatic heterocycles. The summed E-state index contributed by atoms with van der Waals surface area (Å²) >= 11 is 0. The van der Waals surface area contributed by atoms with Crippen molar-refractivity contribution in [3.05, 3.63) is 82.7 Å². The third-order valence-corrected chi connectivity index (χ3v) is 6.32. The van der Waals surface area contributed by atoms with Crippen molar-refractivity contribution in [3.63, 3.8) is 0 Å². The number of dihydropyridines is 1. The van der Waals surface area contributed by atoms with E-state index >= 15 is 0 Å². The molecule has 2 aromatic carbocycles. The molecule has 0 unspecified atom stereocenters. The highest BCUT2D eigenvalue weighted by Gasteiger charge is 2.44. The van der Waals surface area contributed by atoms with Crippen LogP contribution in [0, 0.1) is 5.41 Å². The number of rotatable bonds is 8. The Kier molecular flexibility index (Phi) is 7.29. The van der Waals surface area contributed by atoms with Crippen LogP contribution >= 0.6 is 0 Å². The van der Waals surface area contributed by atoms with Crippen molar-refractivity contribution in [1.29, 1.82) is 0 Å². The van der Waals surface area contributed by atoms with Gasteiger partial charge < -0.3 is 19.5 Å². The van der Waals surface area contributed by atoms with Crippen molar-refractivity contribution in [3.8, 4) is 11.5 Å². The first-order valence-corrected chi connectivity index (χ1v) is 12.1. The normalized spacial score (nSPS) is 19.1. The summed E-state index contributed by atoms with van der Waals surface area (Å²) < 4.78 is 17.2. The monoisotopic (exact) mass is 475 g/mol. The summed E-state index contributed by atoms with van der Waals surface area (Å²) in [5.74, 6) is 0.404. The van der Waals surface area contributed by atoms with E-state index in [1.54, 1.807) is 0 Å². The fraction of sp³-hybridized carbons (Fsp3) is 0.379. The Hall–Kier alpha value is -3.54. The molecule has 1 heterocycles. The van der Waals surface area contributed by atoms with Gasteiger partial charge in [-0.2, -0.15) is 0 Å². The molecule has 0 amide bonds. The molecule has 2 aliphatic rings. The van der Waals surface area contributed by atoms with E-state index in [-0.39, 0.29) is 24.4 Å². The number of ether oxygens (including phenoxy) is 3. The second-order valence-corrected chi connectivity index (χ2v) is 9.70. The highest BCUT2D eigenvalue weighted by atomic mass is 16.6. The summed E-state index contributed by atoms with van der Waals surface area (Å²) in [6.45, 7) is 8.77. The zero-order chi connectivity index (χ0) is 25.0. The third-order valence-electron chi connectivity index (χ3n) is 6.32. The van der Waals surface area contributed by atoms with Gasteiger partial charge in [0, 0.05) is 29.0 Å². The lowest BCUT2D eigenvalue weighted by molar-refractivity contribution is -0.140. The van der Waals surface area contributed by atoms with Crippen LogP contribution in [0.2, 0.25) is 0 Å². The maximum Gasteiger partial charge on any atom is 0.336 e. The number of carbonyl (C=O) groups excluding carboxylic acids is 2. The summed E-state index contributed by atoms with van der Waals surface area (Å²) in [4.78, 5) is 26.9. The molecule has 1 aliphatic carbocycles. The summed E-state index contributed by atoms with van der Waals surface area (Å²) in [5, 5.41) is 3.37. The largest absolute Gasteiger partial charge is 0.494 e. The minimum atomic E-state index is -0.555. The Morgan fingerprint density at radius 2 is 1.71 bits per heavy atom. The van der Waals surface area contributed by atoms with E-state index in [9.17, 15) is 9.59 Å². The van der Waals surface area contributed by atoms with Gasteiger partial charge in [-0.05, 0) is 43.9 Å². The van der Waals surface area contributed by atoms with E-state index in [0.717, 1.165) is 17.7 Å². The van der Waals surface area contributed by atoms with Gasteiger partial charge in [-0.1, -0.05) is 50.2 Å². The smallest absolute Gasteiger partial charge is 0.336 e. The number of ketones is 1. The van der Waals surface area contributed by atoms with Crippen LogP contribution in [0.5, 0.6) is 11.5 Å². The molecule has 1 atom stereocenters. The van der Waals surface area contributed by atoms with Gasteiger partial charge in [-0.25, -0.2) is 4.79 Å². The lowest BCUT2D eigenvalue weighted by atomic mass is 9.68. The standard InChI is InChI=1S/C29H33NO5/c1-5-33-24-14-10-9-13-21(24)26-25(28(32)35-16-15-34-20-11-7-6-8-12-20)19(2)30-22-17-29(3,4)18-23(31)27(22)26/h6-14,26,30H,5,15-18H2,1-4H3/t26-/m0/s1. The van der Waals surface area contributed by atoms with Gasteiger partial charge in [0.1, 0.15) is 24.7 Å². The predicted octanol–water partition coefficient (Wildman–Crippen LogP) is 5.31. The Morgan fingerprint density at radius 3 is 2.46 bits per heavy atom. The van der Waals surface area contributed by atoms with E-state index in [0.29, 0.717) is 41.4 Å². The number of para-hydroxylation sites is 2. The van der Waals surface area contributed by atoms with Crippen molar-refractivity contribution in [2.75, 3.05) is 19.8 Å². The van der Waals surface area contributed by atoms with Crippen molar-refractivity contribution in [1.82, 2.24) is 5.32 Å². The number of hydrogen-bond donors (Lipinski definition) is 1. The molecule has 4 rings (SSSR count). The molecule has 0 spiro atoms. The highest BCUT2D eigenvalue weighted by Crippen LogP contribution is 2.48. The van der Waals surface area contributed by atoms with Gasteiger partial charge in [-0.15, -0.1) is 0 Å². The summed E-state index contributed by atoms with van der Waals surface area (Å²) in [5.41, 5.74) is 3.28. The van der Waals surface area contributed by atoms with Gasteiger partial charge >= 0.3 is 5.97 Å². The molecular weight excluding hydrogens is 442 g/mol. The van der Waals surface area contributed by atoms with Crippen LogP contribution in [-0.4, -0.2) is 31.6 Å². The number of Topliss-reactive ketones (excluding diaryl/α,β-unsaturated/α-hetero) is 1. The van der Waals surface area contributed by atoms with E-state index in [4.69, 9.17) is 14.2 Å². The molecular formula is C29H33NO5. The van der Waals surface area contributed by atoms with Gasteiger partial charge in [-0.3, -0.25) is 4.79 Å². The fourth-order valence-corrected chi connectivity index (χ4v) is 4.91. The van der Waals surface area contributed by atoms with E-state index in [1.807, 2.05) is 68.4 Å². The molecule has 6 heteroatoms. The molecule has 0 fully saturated rings. The molecule has 1 aliphatic heterocycles. The molecule has 184 valence electrons. The van der Waals surface area contributed by atoms with Crippen LogP contribution in [0.15, 0.2) is 77.1 Å². The van der Waals surface area contributed by atoms with Crippen molar-refractivity contribution >= 4 is 11.8 Å². The van der Waals surface area contributed by atoms with Crippen LogP contribution in [0.4, 0.5) is 0 Å². The quantitative estimate of drug-likeness (QED) is 0.412. The summed E-state index contributed by atoms with van der Waals surface area (Å²) in [7, 11) is 0. The number of hydrogen-bond acceptors (Lipinski definition) is 6. The molecule has 1 N–H and O–H groups in total.